The van der Waals surface area contributed by atoms with Crippen molar-refractivity contribution in [1.82, 2.24) is 4.90 Å². The first-order valence-corrected chi connectivity index (χ1v) is 12.9. The largest absolute Gasteiger partial charge is 0.368 e. The van der Waals surface area contributed by atoms with Gasteiger partial charge in [-0.15, -0.1) is 0 Å². The zero-order valence-corrected chi connectivity index (χ0v) is 21.7. The summed E-state index contributed by atoms with van der Waals surface area (Å²) in [6.45, 7) is 3.77. The van der Waals surface area contributed by atoms with Gasteiger partial charge in [0.25, 0.3) is 5.69 Å². The standard InChI is InChI=1S/C28H26Cl2N4O3/c29-23-7-5-21(25(30)17-23)6-10-28(35)32-15-13-31(14-16-32)24-8-9-26(34(36)37)27(18-24)33-12-11-20-3-1-2-4-22(20)19-33/h1-10,17-18H,11-16,19H2. The van der Waals surface area contributed by atoms with E-state index in [1.807, 2.05) is 18.2 Å². The van der Waals surface area contributed by atoms with E-state index in [4.69, 9.17) is 23.2 Å². The molecule has 1 amide bonds. The number of nitrogens with zero attached hydrogens (tertiary/aromatic N) is 4. The molecule has 190 valence electrons. The predicted octanol–water partition coefficient (Wildman–Crippen LogP) is 5.83. The van der Waals surface area contributed by atoms with Crippen molar-refractivity contribution in [1.29, 1.82) is 0 Å². The summed E-state index contributed by atoms with van der Waals surface area (Å²) in [4.78, 5) is 30.3. The average molecular weight is 537 g/mol. The Bertz CT molecular complexity index is 1370. The third-order valence-electron chi connectivity index (χ3n) is 6.95. The van der Waals surface area contributed by atoms with E-state index in [0.717, 1.165) is 24.2 Å². The van der Waals surface area contributed by atoms with Gasteiger partial charge in [0.2, 0.25) is 5.91 Å². The molecule has 2 heterocycles. The van der Waals surface area contributed by atoms with Gasteiger partial charge >= 0.3 is 0 Å². The molecule has 5 rings (SSSR count). The molecule has 0 unspecified atom stereocenters. The normalized spacial score (nSPS) is 15.7. The number of halogens is 2. The molecule has 0 radical (unpaired) electrons. The van der Waals surface area contributed by atoms with Gasteiger partial charge in [-0.3, -0.25) is 14.9 Å². The van der Waals surface area contributed by atoms with E-state index in [1.165, 1.54) is 17.2 Å². The number of piperazine rings is 1. The van der Waals surface area contributed by atoms with Crippen LogP contribution in [0.3, 0.4) is 0 Å². The number of nitro benzene ring substituents is 1. The highest BCUT2D eigenvalue weighted by molar-refractivity contribution is 6.35. The minimum atomic E-state index is -0.310. The number of nitro groups is 1. The summed E-state index contributed by atoms with van der Waals surface area (Å²) in [6.07, 6.45) is 4.09. The topological polar surface area (TPSA) is 69.9 Å². The fourth-order valence-corrected chi connectivity index (χ4v) is 5.38. The number of amides is 1. The lowest BCUT2D eigenvalue weighted by Crippen LogP contribution is -2.48. The van der Waals surface area contributed by atoms with Crippen molar-refractivity contribution in [2.75, 3.05) is 42.5 Å². The maximum absolute atomic E-state index is 12.7. The van der Waals surface area contributed by atoms with Gasteiger partial charge in [0.15, 0.2) is 0 Å². The van der Waals surface area contributed by atoms with Crippen molar-refractivity contribution in [3.63, 3.8) is 0 Å². The number of hydrogen-bond donors (Lipinski definition) is 0. The van der Waals surface area contributed by atoms with Crippen LogP contribution >= 0.6 is 23.2 Å². The van der Waals surface area contributed by atoms with Crippen molar-refractivity contribution in [3.8, 4) is 0 Å². The number of anilines is 2. The Morgan fingerprint density at radius 2 is 1.65 bits per heavy atom. The Morgan fingerprint density at radius 1 is 0.892 bits per heavy atom. The summed E-state index contributed by atoms with van der Waals surface area (Å²) in [5.74, 6) is -0.0814. The summed E-state index contributed by atoms with van der Waals surface area (Å²) in [5, 5.41) is 12.9. The summed E-state index contributed by atoms with van der Waals surface area (Å²) in [7, 11) is 0. The van der Waals surface area contributed by atoms with Crippen LogP contribution < -0.4 is 9.80 Å². The molecule has 0 saturated carbocycles. The van der Waals surface area contributed by atoms with Gasteiger partial charge in [-0.2, -0.15) is 0 Å². The lowest BCUT2D eigenvalue weighted by Gasteiger charge is -2.36. The van der Waals surface area contributed by atoms with Gasteiger partial charge in [-0.25, -0.2) is 0 Å². The Hall–Kier alpha value is -3.55. The highest BCUT2D eigenvalue weighted by Gasteiger charge is 2.26. The van der Waals surface area contributed by atoms with Crippen LogP contribution in [-0.4, -0.2) is 48.5 Å². The quantitative estimate of drug-likeness (QED) is 0.233. The fraction of sp³-hybridized carbons (Fsp3) is 0.250. The number of fused-ring (bicyclic) bond motifs is 1. The molecule has 7 nitrogen and oxygen atoms in total. The molecule has 9 heteroatoms. The van der Waals surface area contributed by atoms with E-state index < -0.39 is 0 Å². The molecule has 3 aromatic carbocycles. The summed E-state index contributed by atoms with van der Waals surface area (Å²) in [5.41, 5.74) is 4.91. The van der Waals surface area contributed by atoms with Gasteiger partial charge < -0.3 is 14.7 Å². The van der Waals surface area contributed by atoms with Crippen LogP contribution in [0.15, 0.2) is 66.7 Å². The third kappa shape index (κ3) is 5.58. The summed E-state index contributed by atoms with van der Waals surface area (Å²) in [6, 6.07) is 18.7. The molecule has 0 atom stereocenters. The van der Waals surface area contributed by atoms with E-state index in [0.29, 0.717) is 48.5 Å². The number of benzene rings is 3. The molecule has 3 aromatic rings. The molecule has 1 saturated heterocycles. The molecular weight excluding hydrogens is 511 g/mol. The molecule has 0 N–H and O–H groups in total. The van der Waals surface area contributed by atoms with Gasteiger partial charge in [0.05, 0.1) is 4.92 Å². The smallest absolute Gasteiger partial charge is 0.292 e. The van der Waals surface area contributed by atoms with Crippen LogP contribution in [0.5, 0.6) is 0 Å². The molecule has 0 aliphatic carbocycles. The van der Waals surface area contributed by atoms with Crippen LogP contribution in [0, 0.1) is 10.1 Å². The van der Waals surface area contributed by atoms with E-state index in [-0.39, 0.29) is 16.5 Å². The van der Waals surface area contributed by atoms with Gasteiger partial charge in [0.1, 0.15) is 5.69 Å². The number of hydrogen-bond acceptors (Lipinski definition) is 5. The van der Waals surface area contributed by atoms with Gasteiger partial charge in [0, 0.05) is 67.1 Å². The molecular formula is C28H26Cl2N4O3. The minimum Gasteiger partial charge on any atom is -0.368 e. The highest BCUT2D eigenvalue weighted by atomic mass is 35.5. The molecule has 2 aliphatic heterocycles. The predicted molar refractivity (Wildman–Crippen MR) is 149 cm³/mol. The first kappa shape index (κ1) is 25.1. The van der Waals surface area contributed by atoms with Crippen molar-refractivity contribution in [2.24, 2.45) is 0 Å². The number of carbonyl (C=O) groups is 1. The van der Waals surface area contributed by atoms with E-state index in [1.54, 1.807) is 41.3 Å². The third-order valence-corrected chi connectivity index (χ3v) is 7.51. The lowest BCUT2D eigenvalue weighted by molar-refractivity contribution is -0.384. The average Bonchev–Trinajstić information content (AvgIpc) is 2.92. The van der Waals surface area contributed by atoms with Crippen LogP contribution in [0.1, 0.15) is 16.7 Å². The van der Waals surface area contributed by atoms with Crippen LogP contribution in [0.2, 0.25) is 10.0 Å². The Balaban J connectivity index is 1.27. The molecule has 1 fully saturated rings. The monoisotopic (exact) mass is 536 g/mol. The van der Waals surface area contributed by atoms with Crippen LogP contribution in [-0.2, 0) is 17.8 Å². The SMILES string of the molecule is O=C(C=Cc1ccc(Cl)cc1Cl)N1CCN(c2ccc([N+](=O)[O-])c(N3CCc4ccccc4C3)c2)CC1. The Morgan fingerprint density at radius 3 is 2.38 bits per heavy atom. The molecule has 0 aromatic heterocycles. The zero-order chi connectivity index (χ0) is 25.9. The Labute approximate surface area is 225 Å². The first-order valence-electron chi connectivity index (χ1n) is 12.2. The van der Waals surface area contributed by atoms with Gasteiger partial charge in [-0.1, -0.05) is 53.5 Å². The summed E-state index contributed by atoms with van der Waals surface area (Å²) < 4.78 is 0. The second-order valence-electron chi connectivity index (χ2n) is 9.18. The zero-order valence-electron chi connectivity index (χ0n) is 20.1. The number of rotatable bonds is 5. The van der Waals surface area contributed by atoms with Gasteiger partial charge in [-0.05, 0) is 53.5 Å². The summed E-state index contributed by atoms with van der Waals surface area (Å²) >= 11 is 12.1. The van der Waals surface area contributed by atoms with Crippen molar-refractivity contribution >= 4 is 52.2 Å². The minimum absolute atomic E-state index is 0.0814. The van der Waals surface area contributed by atoms with Crippen molar-refractivity contribution in [3.05, 3.63) is 104 Å². The second kappa shape index (κ2) is 10.8. The maximum Gasteiger partial charge on any atom is 0.292 e. The first-order chi connectivity index (χ1) is 17.9. The van der Waals surface area contributed by atoms with E-state index in [2.05, 4.69) is 21.9 Å². The van der Waals surface area contributed by atoms with Crippen molar-refractivity contribution in [2.45, 2.75) is 13.0 Å². The Kier molecular flexibility index (Phi) is 7.35. The van der Waals surface area contributed by atoms with Crippen LogP contribution in [0.25, 0.3) is 6.08 Å². The fourth-order valence-electron chi connectivity index (χ4n) is 4.91. The highest BCUT2D eigenvalue weighted by Crippen LogP contribution is 2.36. The van der Waals surface area contributed by atoms with E-state index in [9.17, 15) is 14.9 Å². The molecule has 2 aliphatic rings. The van der Waals surface area contributed by atoms with Crippen LogP contribution in [0.4, 0.5) is 17.1 Å². The lowest BCUT2D eigenvalue weighted by atomic mass is 9.99. The van der Waals surface area contributed by atoms with Crippen molar-refractivity contribution < 1.29 is 9.72 Å². The number of carbonyl (C=O) groups excluding carboxylic acids is 1. The molecule has 0 spiro atoms. The van der Waals surface area contributed by atoms with E-state index >= 15 is 0 Å². The molecule has 37 heavy (non-hydrogen) atoms. The maximum atomic E-state index is 12.7. The molecule has 0 bridgehead atoms. The second-order valence-corrected chi connectivity index (χ2v) is 10.0.